The van der Waals surface area contributed by atoms with Gasteiger partial charge in [0.25, 0.3) is 5.91 Å². The van der Waals surface area contributed by atoms with Crippen molar-refractivity contribution < 1.29 is 13.2 Å². The molecule has 0 bridgehead atoms. The van der Waals surface area contributed by atoms with Gasteiger partial charge in [-0.2, -0.15) is 4.72 Å². The summed E-state index contributed by atoms with van der Waals surface area (Å²) in [6.45, 7) is 2.60. The molecule has 3 aromatic carbocycles. The molecule has 3 N–H and O–H groups in total. The van der Waals surface area contributed by atoms with Gasteiger partial charge in [0.1, 0.15) is 11.1 Å². The quantitative estimate of drug-likeness (QED) is 0.587. The lowest BCUT2D eigenvalue weighted by atomic mass is 10.0. The van der Waals surface area contributed by atoms with Gasteiger partial charge >= 0.3 is 0 Å². The van der Waals surface area contributed by atoms with Crippen molar-refractivity contribution in [3.8, 4) is 0 Å². The lowest BCUT2D eigenvalue weighted by Gasteiger charge is -2.28. The number of nitrogens with one attached hydrogen (secondary N) is 3. The molecule has 2 unspecified atom stereocenters. The second-order valence-electron chi connectivity index (χ2n) is 7.34. The summed E-state index contributed by atoms with van der Waals surface area (Å²) in [5, 5.41) is 6.14. The van der Waals surface area contributed by atoms with Crippen LogP contribution in [0.2, 0.25) is 0 Å². The average molecular weight is 422 g/mol. The van der Waals surface area contributed by atoms with Crippen molar-refractivity contribution in [2.24, 2.45) is 0 Å². The molecular weight excluding hydrogens is 398 g/mol. The predicted octanol–water partition coefficient (Wildman–Crippen LogP) is 3.62. The van der Waals surface area contributed by atoms with Gasteiger partial charge in [-0.05, 0) is 41.3 Å². The van der Waals surface area contributed by atoms with Crippen LogP contribution in [0, 0.1) is 0 Å². The van der Waals surface area contributed by atoms with Crippen molar-refractivity contribution >= 4 is 21.6 Å². The summed E-state index contributed by atoms with van der Waals surface area (Å²) in [6.07, 6.45) is -0.597. The zero-order valence-electron chi connectivity index (χ0n) is 16.5. The maximum absolute atomic E-state index is 12.5. The summed E-state index contributed by atoms with van der Waals surface area (Å²) in [6, 6.07) is 23.7. The summed E-state index contributed by atoms with van der Waals surface area (Å²) in [5.41, 5.74) is 2.97. The number of carbonyl (C=O) groups is 1. The summed E-state index contributed by atoms with van der Waals surface area (Å²) < 4.78 is 27.6. The smallest absolute Gasteiger partial charge is 0.251 e. The lowest BCUT2D eigenvalue weighted by Crippen LogP contribution is -2.38. The molecule has 30 heavy (non-hydrogen) atoms. The summed E-state index contributed by atoms with van der Waals surface area (Å²) in [7, 11) is -3.60. The molecule has 0 saturated carbocycles. The van der Waals surface area contributed by atoms with E-state index in [0.717, 1.165) is 5.56 Å². The lowest BCUT2D eigenvalue weighted by molar-refractivity contribution is 0.0951. The molecule has 6 nitrogen and oxygen atoms in total. The number of amides is 1. The topological polar surface area (TPSA) is 87.3 Å². The summed E-state index contributed by atoms with van der Waals surface area (Å²) in [5.74, 6) is 0.0437. The molecule has 7 heteroatoms. The van der Waals surface area contributed by atoms with Crippen LogP contribution >= 0.6 is 0 Å². The number of benzene rings is 3. The number of sulfonamides is 1. The maximum atomic E-state index is 12.5. The monoisotopic (exact) mass is 421 g/mol. The van der Waals surface area contributed by atoms with Crippen molar-refractivity contribution in [2.75, 3.05) is 11.9 Å². The Morgan fingerprint density at radius 1 is 0.967 bits per heavy atom. The second kappa shape index (κ2) is 8.30. The zero-order chi connectivity index (χ0) is 21.1. The first-order valence-corrected chi connectivity index (χ1v) is 11.2. The normalized spacial score (nSPS) is 18.0. The van der Waals surface area contributed by atoms with Crippen LogP contribution in [0.3, 0.4) is 0 Å². The van der Waals surface area contributed by atoms with Gasteiger partial charge in [-0.15, -0.1) is 0 Å². The van der Waals surface area contributed by atoms with Crippen LogP contribution in [0.1, 0.15) is 40.5 Å². The molecule has 1 amide bonds. The van der Waals surface area contributed by atoms with Crippen LogP contribution in [0.15, 0.2) is 83.8 Å². The molecule has 2 atom stereocenters. The minimum Gasteiger partial charge on any atom is -0.364 e. The van der Waals surface area contributed by atoms with E-state index in [2.05, 4.69) is 22.3 Å². The van der Waals surface area contributed by atoms with Crippen molar-refractivity contribution in [3.63, 3.8) is 0 Å². The largest absolute Gasteiger partial charge is 0.364 e. The van der Waals surface area contributed by atoms with Gasteiger partial charge in [-0.1, -0.05) is 61.5 Å². The van der Waals surface area contributed by atoms with Gasteiger partial charge < -0.3 is 10.6 Å². The Morgan fingerprint density at radius 2 is 1.63 bits per heavy atom. The van der Waals surface area contributed by atoms with Crippen molar-refractivity contribution in [1.29, 1.82) is 0 Å². The predicted molar refractivity (Wildman–Crippen MR) is 117 cm³/mol. The van der Waals surface area contributed by atoms with E-state index in [1.165, 1.54) is 5.56 Å². The molecule has 1 heterocycles. The molecule has 0 fully saturated rings. The highest BCUT2D eigenvalue weighted by Crippen LogP contribution is 2.30. The highest BCUT2D eigenvalue weighted by atomic mass is 32.2. The first-order valence-electron chi connectivity index (χ1n) is 9.75. The van der Waals surface area contributed by atoms with Crippen molar-refractivity contribution in [3.05, 3.63) is 95.6 Å². The highest BCUT2D eigenvalue weighted by molar-refractivity contribution is 7.89. The fraction of sp³-hybridized carbons (Fsp3) is 0.174. The highest BCUT2D eigenvalue weighted by Gasteiger charge is 2.29. The Kier molecular flexibility index (Phi) is 5.57. The maximum Gasteiger partial charge on any atom is 0.251 e. The van der Waals surface area contributed by atoms with Crippen LogP contribution in [0.5, 0.6) is 0 Å². The zero-order valence-corrected chi connectivity index (χ0v) is 17.3. The van der Waals surface area contributed by atoms with E-state index in [-0.39, 0.29) is 16.7 Å². The Balaban J connectivity index is 1.42. The van der Waals surface area contributed by atoms with Crippen LogP contribution in [0.4, 0.5) is 5.69 Å². The first kappa shape index (κ1) is 20.1. The number of hydrogen-bond acceptors (Lipinski definition) is 4. The molecule has 4 rings (SSSR count). The van der Waals surface area contributed by atoms with Gasteiger partial charge in [0.05, 0.1) is 5.69 Å². The van der Waals surface area contributed by atoms with E-state index < -0.39 is 16.2 Å². The number of para-hydroxylation sites is 1. The fourth-order valence-corrected chi connectivity index (χ4v) is 4.76. The molecule has 3 aromatic rings. The van der Waals surface area contributed by atoms with Crippen molar-refractivity contribution in [1.82, 2.24) is 10.0 Å². The van der Waals surface area contributed by atoms with Gasteiger partial charge in [0.15, 0.2) is 0 Å². The van der Waals surface area contributed by atoms with E-state index in [1.54, 1.807) is 48.5 Å². The number of fused-ring (bicyclic) bond motifs is 1. The molecule has 1 aliphatic heterocycles. The standard InChI is InChI=1S/C23H23N3O3S/c1-16(17-7-3-2-4-8-17)15-24-23(27)19-13-11-18(12-14-19)22-25-20-9-5-6-10-21(20)30(28,29)26-22/h2-14,16,22,25-26H,15H2,1H3,(H,24,27). The number of anilines is 1. The van der Waals surface area contributed by atoms with E-state index in [1.807, 2.05) is 30.3 Å². The SMILES string of the molecule is CC(CNC(=O)c1ccc(C2Nc3ccccc3S(=O)(=O)N2)cc1)c1ccccc1. The third-order valence-corrected chi connectivity index (χ3v) is 6.67. The summed E-state index contributed by atoms with van der Waals surface area (Å²) in [4.78, 5) is 12.7. The molecule has 0 spiro atoms. The van der Waals surface area contributed by atoms with Crippen LogP contribution in [-0.2, 0) is 10.0 Å². The van der Waals surface area contributed by atoms with Gasteiger partial charge in [0, 0.05) is 12.1 Å². The minimum atomic E-state index is -3.60. The average Bonchev–Trinajstić information content (AvgIpc) is 2.77. The Hall–Kier alpha value is -3.16. The van der Waals surface area contributed by atoms with E-state index in [4.69, 9.17) is 0 Å². The van der Waals surface area contributed by atoms with Crippen LogP contribution < -0.4 is 15.4 Å². The Morgan fingerprint density at radius 3 is 2.37 bits per heavy atom. The van der Waals surface area contributed by atoms with E-state index in [9.17, 15) is 13.2 Å². The molecule has 0 aliphatic carbocycles. The number of rotatable bonds is 5. The van der Waals surface area contributed by atoms with Gasteiger partial charge in [0.2, 0.25) is 10.0 Å². The first-order chi connectivity index (χ1) is 14.4. The summed E-state index contributed by atoms with van der Waals surface area (Å²) >= 11 is 0. The number of carbonyl (C=O) groups excluding carboxylic acids is 1. The molecular formula is C23H23N3O3S. The van der Waals surface area contributed by atoms with Gasteiger partial charge in [-0.25, -0.2) is 8.42 Å². The second-order valence-corrected chi connectivity index (χ2v) is 9.02. The van der Waals surface area contributed by atoms with Gasteiger partial charge in [-0.3, -0.25) is 4.79 Å². The van der Waals surface area contributed by atoms with Crippen LogP contribution in [0.25, 0.3) is 0 Å². The number of hydrogen-bond donors (Lipinski definition) is 3. The molecule has 0 radical (unpaired) electrons. The fourth-order valence-electron chi connectivity index (χ4n) is 3.45. The Labute approximate surface area is 176 Å². The van der Waals surface area contributed by atoms with Crippen LogP contribution in [-0.4, -0.2) is 20.9 Å². The third kappa shape index (κ3) is 4.22. The Bertz CT molecular complexity index is 1150. The molecule has 1 aliphatic rings. The third-order valence-electron chi connectivity index (χ3n) is 5.19. The van der Waals surface area contributed by atoms with Crippen molar-refractivity contribution in [2.45, 2.75) is 23.9 Å². The molecule has 154 valence electrons. The van der Waals surface area contributed by atoms with E-state index in [0.29, 0.717) is 17.8 Å². The molecule has 0 aromatic heterocycles. The van der Waals surface area contributed by atoms with E-state index >= 15 is 0 Å². The minimum absolute atomic E-state index is 0.160. The molecule has 0 saturated heterocycles.